The van der Waals surface area contributed by atoms with E-state index in [4.69, 9.17) is 19.6 Å². The normalized spacial score (nSPS) is 14.3. The molecule has 1 aliphatic rings. The Morgan fingerprint density at radius 2 is 1.96 bits per heavy atom. The fourth-order valence-electron chi connectivity index (χ4n) is 3.38. The summed E-state index contributed by atoms with van der Waals surface area (Å²) in [5, 5.41) is 0. The molecule has 2 aromatic carbocycles. The van der Waals surface area contributed by atoms with E-state index < -0.39 is 0 Å². The molecule has 6 heteroatoms. The molecule has 0 spiro atoms. The first-order valence-electron chi connectivity index (χ1n) is 8.70. The minimum atomic E-state index is 0. The Labute approximate surface area is 158 Å². The number of aromatic nitrogens is 1. The number of halogens is 1. The average Bonchev–Trinajstić information content (AvgIpc) is 3.25. The maximum Gasteiger partial charge on any atom is 0.200 e. The fraction of sp³-hybridized carbons (Fsp3) is 0.350. The number of para-hydroxylation sites is 1. The molecule has 1 aliphatic carbocycles. The summed E-state index contributed by atoms with van der Waals surface area (Å²) in [6, 6.07) is 11.6. The standard InChI is InChI=1S/C20H22N2O3.ClH/c1-23-17-10-9-13(11-18(17)24-14-5-2-3-6-14)12-19-22-16-8-4-7-15(21)20(16)25-19;/h4,7-11,14H,2-3,5-6,12,21H2,1H3;1H. The summed E-state index contributed by atoms with van der Waals surface area (Å²) < 4.78 is 17.4. The molecule has 1 fully saturated rings. The van der Waals surface area contributed by atoms with Gasteiger partial charge in [0.25, 0.3) is 0 Å². The van der Waals surface area contributed by atoms with Crippen molar-refractivity contribution < 1.29 is 13.9 Å². The van der Waals surface area contributed by atoms with Crippen molar-refractivity contribution in [2.75, 3.05) is 12.8 Å². The molecule has 0 atom stereocenters. The maximum absolute atomic E-state index is 6.16. The van der Waals surface area contributed by atoms with Crippen molar-refractivity contribution in [1.82, 2.24) is 4.98 Å². The molecular formula is C20H23ClN2O3. The number of hydrogen-bond acceptors (Lipinski definition) is 5. The molecule has 26 heavy (non-hydrogen) atoms. The molecular weight excluding hydrogens is 352 g/mol. The predicted molar refractivity (Wildman–Crippen MR) is 104 cm³/mol. The topological polar surface area (TPSA) is 70.5 Å². The third kappa shape index (κ3) is 3.73. The minimum absolute atomic E-state index is 0. The molecule has 1 saturated carbocycles. The van der Waals surface area contributed by atoms with E-state index in [2.05, 4.69) is 4.98 Å². The molecule has 4 rings (SSSR count). The van der Waals surface area contributed by atoms with E-state index in [-0.39, 0.29) is 18.5 Å². The van der Waals surface area contributed by atoms with Crippen molar-refractivity contribution in [2.45, 2.75) is 38.2 Å². The Balaban J connectivity index is 0.00000196. The van der Waals surface area contributed by atoms with Gasteiger partial charge in [-0.3, -0.25) is 0 Å². The number of nitrogens with zero attached hydrogens (tertiary/aromatic N) is 1. The van der Waals surface area contributed by atoms with Crippen LogP contribution in [0.5, 0.6) is 11.5 Å². The molecule has 1 heterocycles. The number of methoxy groups -OCH3 is 1. The van der Waals surface area contributed by atoms with Crippen LogP contribution in [0, 0.1) is 0 Å². The quantitative estimate of drug-likeness (QED) is 0.652. The van der Waals surface area contributed by atoms with Gasteiger partial charge in [0.05, 0.1) is 18.9 Å². The largest absolute Gasteiger partial charge is 0.493 e. The highest BCUT2D eigenvalue weighted by Crippen LogP contribution is 2.33. The van der Waals surface area contributed by atoms with Crippen molar-refractivity contribution in [3.05, 3.63) is 47.9 Å². The molecule has 5 nitrogen and oxygen atoms in total. The monoisotopic (exact) mass is 374 g/mol. The first kappa shape index (κ1) is 18.4. The molecule has 1 aromatic heterocycles. The SMILES string of the molecule is COc1ccc(Cc2nc3cccc(N)c3o2)cc1OC1CCCC1.Cl. The molecule has 0 saturated heterocycles. The minimum Gasteiger partial charge on any atom is -0.493 e. The Hall–Kier alpha value is -2.40. The summed E-state index contributed by atoms with van der Waals surface area (Å²) in [5.41, 5.74) is 9.05. The summed E-state index contributed by atoms with van der Waals surface area (Å²) in [5.74, 6) is 2.20. The van der Waals surface area contributed by atoms with Gasteiger partial charge in [-0.25, -0.2) is 4.98 Å². The Kier molecular flexibility index (Phi) is 5.57. The molecule has 0 bridgehead atoms. The van der Waals surface area contributed by atoms with Gasteiger partial charge in [0.2, 0.25) is 0 Å². The zero-order valence-corrected chi connectivity index (χ0v) is 15.6. The molecule has 0 unspecified atom stereocenters. The van der Waals surface area contributed by atoms with Crippen LogP contribution in [0.25, 0.3) is 11.1 Å². The van der Waals surface area contributed by atoms with Crippen molar-refractivity contribution in [1.29, 1.82) is 0 Å². The average molecular weight is 375 g/mol. The number of rotatable bonds is 5. The smallest absolute Gasteiger partial charge is 0.200 e. The van der Waals surface area contributed by atoms with E-state index in [0.29, 0.717) is 23.6 Å². The molecule has 0 radical (unpaired) electrons. The second-order valence-corrected chi connectivity index (χ2v) is 6.49. The lowest BCUT2D eigenvalue weighted by Gasteiger charge is -2.16. The zero-order valence-electron chi connectivity index (χ0n) is 14.7. The third-order valence-electron chi connectivity index (χ3n) is 4.67. The van der Waals surface area contributed by atoms with E-state index >= 15 is 0 Å². The van der Waals surface area contributed by atoms with Crippen LogP contribution < -0.4 is 15.2 Å². The molecule has 0 amide bonds. The number of oxazole rings is 1. The highest BCUT2D eigenvalue weighted by molar-refractivity contribution is 5.85. The van der Waals surface area contributed by atoms with E-state index in [1.807, 2.05) is 36.4 Å². The lowest BCUT2D eigenvalue weighted by atomic mass is 10.1. The van der Waals surface area contributed by atoms with Crippen LogP contribution in [-0.4, -0.2) is 18.2 Å². The molecule has 0 aliphatic heterocycles. The van der Waals surface area contributed by atoms with Crippen LogP contribution in [0.4, 0.5) is 5.69 Å². The van der Waals surface area contributed by atoms with Crippen molar-refractivity contribution in [3.63, 3.8) is 0 Å². The summed E-state index contributed by atoms with van der Waals surface area (Å²) >= 11 is 0. The summed E-state index contributed by atoms with van der Waals surface area (Å²) in [6.45, 7) is 0. The molecule has 138 valence electrons. The van der Waals surface area contributed by atoms with E-state index in [1.165, 1.54) is 12.8 Å². The van der Waals surface area contributed by atoms with Crippen LogP contribution in [0.3, 0.4) is 0 Å². The van der Waals surface area contributed by atoms with Crippen molar-refractivity contribution in [2.24, 2.45) is 0 Å². The van der Waals surface area contributed by atoms with Crippen LogP contribution in [0.1, 0.15) is 37.1 Å². The number of nitrogen functional groups attached to an aromatic ring is 1. The molecule has 2 N–H and O–H groups in total. The first-order chi connectivity index (χ1) is 12.2. The van der Waals surface area contributed by atoms with Crippen molar-refractivity contribution >= 4 is 29.2 Å². The summed E-state index contributed by atoms with van der Waals surface area (Å²) in [7, 11) is 1.67. The Morgan fingerprint density at radius 3 is 2.69 bits per heavy atom. The fourth-order valence-corrected chi connectivity index (χ4v) is 3.38. The number of anilines is 1. The van der Waals surface area contributed by atoms with Crippen LogP contribution in [0.15, 0.2) is 40.8 Å². The Morgan fingerprint density at radius 1 is 1.15 bits per heavy atom. The van der Waals surface area contributed by atoms with Gasteiger partial charge in [0.15, 0.2) is 23.0 Å². The van der Waals surface area contributed by atoms with Gasteiger partial charge in [-0.1, -0.05) is 12.1 Å². The van der Waals surface area contributed by atoms with Gasteiger partial charge < -0.3 is 19.6 Å². The van der Waals surface area contributed by atoms with Crippen molar-refractivity contribution in [3.8, 4) is 11.5 Å². The van der Waals surface area contributed by atoms with Gasteiger partial charge in [-0.05, 0) is 55.5 Å². The second kappa shape index (κ2) is 7.87. The number of nitrogens with two attached hydrogens (primary N) is 1. The van der Waals surface area contributed by atoms with Gasteiger partial charge in [-0.15, -0.1) is 12.4 Å². The lowest BCUT2D eigenvalue weighted by Crippen LogP contribution is -2.11. The Bertz CT molecular complexity index is 888. The summed E-state index contributed by atoms with van der Waals surface area (Å²) in [6.07, 6.45) is 5.55. The molecule has 3 aromatic rings. The number of hydrogen-bond donors (Lipinski definition) is 1. The highest BCUT2D eigenvalue weighted by Gasteiger charge is 2.19. The van der Waals surface area contributed by atoms with Crippen LogP contribution >= 0.6 is 12.4 Å². The lowest BCUT2D eigenvalue weighted by molar-refractivity contribution is 0.200. The number of fused-ring (bicyclic) bond motifs is 1. The third-order valence-corrected chi connectivity index (χ3v) is 4.67. The maximum atomic E-state index is 6.16. The van der Waals surface area contributed by atoms with E-state index in [0.717, 1.165) is 35.4 Å². The number of benzene rings is 2. The van der Waals surface area contributed by atoms with Gasteiger partial charge in [0.1, 0.15) is 5.52 Å². The zero-order chi connectivity index (χ0) is 17.2. The van der Waals surface area contributed by atoms with Gasteiger partial charge >= 0.3 is 0 Å². The number of ether oxygens (including phenoxy) is 2. The first-order valence-corrected chi connectivity index (χ1v) is 8.70. The summed E-state index contributed by atoms with van der Waals surface area (Å²) in [4.78, 5) is 4.53. The van der Waals surface area contributed by atoms with Crippen LogP contribution in [-0.2, 0) is 6.42 Å². The van der Waals surface area contributed by atoms with Gasteiger partial charge in [0, 0.05) is 6.42 Å². The van der Waals surface area contributed by atoms with E-state index in [9.17, 15) is 0 Å². The second-order valence-electron chi connectivity index (χ2n) is 6.49. The van der Waals surface area contributed by atoms with Crippen LogP contribution in [0.2, 0.25) is 0 Å². The van der Waals surface area contributed by atoms with Gasteiger partial charge in [-0.2, -0.15) is 0 Å². The predicted octanol–water partition coefficient (Wildman–Crippen LogP) is 4.75. The highest BCUT2D eigenvalue weighted by atomic mass is 35.5. The van der Waals surface area contributed by atoms with E-state index in [1.54, 1.807) is 7.11 Å².